The van der Waals surface area contributed by atoms with Crippen LogP contribution in [0, 0.1) is 0 Å². The molecule has 7 heteroatoms. The average Bonchev–Trinajstić information content (AvgIpc) is 3.17. The first-order valence-electron chi connectivity index (χ1n) is 10.6. The Morgan fingerprint density at radius 2 is 1.83 bits per heavy atom. The molecule has 3 N–H and O–H groups in total. The van der Waals surface area contributed by atoms with Crippen LogP contribution in [0.3, 0.4) is 0 Å². The number of nitrogens with one attached hydrogen (secondary N) is 3. The lowest BCUT2D eigenvalue weighted by atomic mass is 10.1. The van der Waals surface area contributed by atoms with Crippen LogP contribution in [0.1, 0.15) is 52.0 Å². The van der Waals surface area contributed by atoms with Crippen molar-refractivity contribution in [3.8, 4) is 0 Å². The van der Waals surface area contributed by atoms with Gasteiger partial charge >= 0.3 is 0 Å². The van der Waals surface area contributed by atoms with Gasteiger partial charge < -0.3 is 20.9 Å². The van der Waals surface area contributed by atoms with Gasteiger partial charge in [0.1, 0.15) is 0 Å². The molecule has 2 aromatic rings. The van der Waals surface area contributed by atoms with E-state index in [9.17, 15) is 9.59 Å². The number of piperidine rings is 1. The minimum atomic E-state index is -0.226. The van der Waals surface area contributed by atoms with Crippen molar-refractivity contribution in [2.24, 2.45) is 0 Å². The van der Waals surface area contributed by atoms with Gasteiger partial charge in [-0.25, -0.2) is 0 Å². The van der Waals surface area contributed by atoms with E-state index in [1.807, 2.05) is 30.3 Å². The van der Waals surface area contributed by atoms with Crippen LogP contribution in [0.2, 0.25) is 0 Å². The van der Waals surface area contributed by atoms with Crippen LogP contribution < -0.4 is 16.0 Å². The Labute approximate surface area is 185 Å². The molecule has 2 aliphatic rings. The summed E-state index contributed by atoms with van der Waals surface area (Å²) in [4.78, 5) is 27.3. The van der Waals surface area contributed by atoms with E-state index in [1.165, 1.54) is 32.4 Å². The largest absolute Gasteiger partial charge is 0.385 e. The van der Waals surface area contributed by atoms with Crippen LogP contribution in [0.4, 0.5) is 11.4 Å². The van der Waals surface area contributed by atoms with Crippen LogP contribution in [0.25, 0.3) is 0 Å². The Kier molecular flexibility index (Phi) is 6.69. The number of fused-ring (bicyclic) bond motifs is 1. The summed E-state index contributed by atoms with van der Waals surface area (Å²) in [6.45, 7) is 4.98. The lowest BCUT2D eigenvalue weighted by Crippen LogP contribution is -2.31. The Morgan fingerprint density at radius 3 is 2.60 bits per heavy atom. The van der Waals surface area contributed by atoms with E-state index >= 15 is 0 Å². The molecule has 2 heterocycles. The maximum atomic E-state index is 12.7. The number of likely N-dealkylation sites (tertiary alicyclic amines) is 1. The fourth-order valence-electron chi connectivity index (χ4n) is 4.07. The van der Waals surface area contributed by atoms with Crippen LogP contribution in [-0.4, -0.2) is 42.9 Å². The van der Waals surface area contributed by atoms with E-state index in [-0.39, 0.29) is 11.8 Å². The molecule has 30 heavy (non-hydrogen) atoms. The van der Waals surface area contributed by atoms with Crippen LogP contribution >= 0.6 is 15.9 Å². The molecule has 2 amide bonds. The summed E-state index contributed by atoms with van der Waals surface area (Å²) in [7, 11) is 0. The normalized spacial score (nSPS) is 16.1. The lowest BCUT2D eigenvalue weighted by Gasteiger charge is -2.26. The van der Waals surface area contributed by atoms with Gasteiger partial charge in [-0.05, 0) is 75.3 Å². The second-order valence-electron chi connectivity index (χ2n) is 7.85. The molecule has 0 aliphatic carbocycles. The van der Waals surface area contributed by atoms with Gasteiger partial charge in [-0.3, -0.25) is 9.59 Å². The standard InChI is InChI=1S/C23H27BrN4O2/c24-19-9-10-20(21-18(19)15-26-23(21)30)27-22(29)16-5-7-17(8-6-16)25-11-4-14-28-12-2-1-3-13-28/h5-10,25H,1-4,11-15H2,(H,26,30)(H,27,29). The van der Waals surface area contributed by atoms with E-state index in [4.69, 9.17) is 0 Å². The van der Waals surface area contributed by atoms with Gasteiger partial charge in [0.2, 0.25) is 0 Å². The number of rotatable bonds is 7. The maximum Gasteiger partial charge on any atom is 0.255 e. The molecule has 158 valence electrons. The molecule has 4 rings (SSSR count). The number of carbonyl (C=O) groups excluding carboxylic acids is 2. The van der Waals surface area contributed by atoms with Crippen molar-refractivity contribution >= 4 is 39.1 Å². The molecular formula is C23H27BrN4O2. The molecule has 1 saturated heterocycles. The Morgan fingerprint density at radius 1 is 1.07 bits per heavy atom. The quantitative estimate of drug-likeness (QED) is 0.529. The highest BCUT2D eigenvalue weighted by Crippen LogP contribution is 2.31. The molecule has 0 radical (unpaired) electrons. The molecule has 0 aromatic heterocycles. The Balaban J connectivity index is 1.30. The highest BCUT2D eigenvalue weighted by atomic mass is 79.9. The van der Waals surface area contributed by atoms with E-state index in [2.05, 4.69) is 36.8 Å². The lowest BCUT2D eigenvalue weighted by molar-refractivity contribution is 0.0966. The molecule has 2 aromatic carbocycles. The molecular weight excluding hydrogens is 444 g/mol. The minimum absolute atomic E-state index is 0.161. The zero-order chi connectivity index (χ0) is 20.9. The topological polar surface area (TPSA) is 73.5 Å². The summed E-state index contributed by atoms with van der Waals surface area (Å²) in [5.74, 6) is -0.387. The minimum Gasteiger partial charge on any atom is -0.385 e. The second-order valence-corrected chi connectivity index (χ2v) is 8.70. The first-order valence-corrected chi connectivity index (χ1v) is 11.4. The zero-order valence-electron chi connectivity index (χ0n) is 17.0. The predicted octanol–water partition coefficient (Wildman–Crippen LogP) is 4.23. The van der Waals surface area contributed by atoms with Gasteiger partial charge in [0.25, 0.3) is 11.8 Å². The average molecular weight is 471 g/mol. The predicted molar refractivity (Wildman–Crippen MR) is 123 cm³/mol. The summed E-state index contributed by atoms with van der Waals surface area (Å²) in [6, 6.07) is 11.1. The monoisotopic (exact) mass is 470 g/mol. The number of amides is 2. The van der Waals surface area contributed by atoms with Gasteiger partial charge in [0.05, 0.1) is 11.3 Å². The van der Waals surface area contributed by atoms with Crippen molar-refractivity contribution in [3.63, 3.8) is 0 Å². The van der Waals surface area contributed by atoms with Crippen molar-refractivity contribution < 1.29 is 9.59 Å². The van der Waals surface area contributed by atoms with Crippen molar-refractivity contribution in [2.45, 2.75) is 32.2 Å². The first-order chi connectivity index (χ1) is 14.6. The van der Waals surface area contributed by atoms with Crippen molar-refractivity contribution in [1.82, 2.24) is 10.2 Å². The summed E-state index contributed by atoms with van der Waals surface area (Å²) >= 11 is 3.46. The number of benzene rings is 2. The molecule has 6 nitrogen and oxygen atoms in total. The SMILES string of the molecule is O=C(Nc1ccc(Br)c2c1C(=O)NC2)c1ccc(NCCCN2CCCCC2)cc1. The molecule has 0 saturated carbocycles. The van der Waals surface area contributed by atoms with Gasteiger partial charge in [-0.2, -0.15) is 0 Å². The van der Waals surface area contributed by atoms with Crippen LogP contribution in [0.5, 0.6) is 0 Å². The fourth-order valence-corrected chi connectivity index (χ4v) is 4.54. The Hall–Kier alpha value is -2.38. The second kappa shape index (κ2) is 9.62. The molecule has 0 atom stereocenters. The maximum absolute atomic E-state index is 12.7. The molecule has 0 spiro atoms. The van der Waals surface area contributed by atoms with Gasteiger partial charge in [-0.15, -0.1) is 0 Å². The van der Waals surface area contributed by atoms with E-state index in [1.54, 1.807) is 6.07 Å². The van der Waals surface area contributed by atoms with E-state index in [0.29, 0.717) is 23.4 Å². The van der Waals surface area contributed by atoms with E-state index in [0.717, 1.165) is 35.2 Å². The molecule has 1 fully saturated rings. The summed E-state index contributed by atoms with van der Waals surface area (Å²) < 4.78 is 0.865. The summed E-state index contributed by atoms with van der Waals surface area (Å²) in [5, 5.41) is 9.11. The van der Waals surface area contributed by atoms with E-state index < -0.39 is 0 Å². The van der Waals surface area contributed by atoms with Crippen molar-refractivity contribution in [2.75, 3.05) is 36.8 Å². The third-order valence-corrected chi connectivity index (χ3v) is 6.48. The van der Waals surface area contributed by atoms with Gasteiger partial charge in [0.15, 0.2) is 0 Å². The van der Waals surface area contributed by atoms with Crippen LogP contribution in [0.15, 0.2) is 40.9 Å². The number of nitrogens with zero attached hydrogens (tertiary/aromatic N) is 1. The van der Waals surface area contributed by atoms with Gasteiger partial charge in [-0.1, -0.05) is 22.4 Å². The number of hydrogen-bond acceptors (Lipinski definition) is 4. The fraction of sp³-hybridized carbons (Fsp3) is 0.391. The highest BCUT2D eigenvalue weighted by Gasteiger charge is 2.25. The summed E-state index contributed by atoms with van der Waals surface area (Å²) in [6.07, 6.45) is 5.13. The van der Waals surface area contributed by atoms with Crippen LogP contribution in [-0.2, 0) is 6.54 Å². The third kappa shape index (κ3) is 4.84. The number of hydrogen-bond donors (Lipinski definition) is 3. The smallest absolute Gasteiger partial charge is 0.255 e. The van der Waals surface area contributed by atoms with Gasteiger partial charge in [0, 0.05) is 34.4 Å². The number of halogens is 1. The zero-order valence-corrected chi connectivity index (χ0v) is 18.6. The number of carbonyl (C=O) groups is 2. The third-order valence-electron chi connectivity index (χ3n) is 5.73. The summed E-state index contributed by atoms with van der Waals surface area (Å²) in [5.41, 5.74) is 3.51. The van der Waals surface area contributed by atoms with Crippen molar-refractivity contribution in [3.05, 3.63) is 57.6 Å². The Bertz CT molecular complexity index is 924. The molecule has 0 bridgehead atoms. The van der Waals surface area contributed by atoms with Crippen molar-refractivity contribution in [1.29, 1.82) is 0 Å². The molecule has 2 aliphatic heterocycles. The molecule has 0 unspecified atom stereocenters. The highest BCUT2D eigenvalue weighted by molar-refractivity contribution is 9.10. The number of anilines is 2. The first kappa shape index (κ1) is 20.9.